The molecule has 1 aliphatic heterocycles. The van der Waals surface area contributed by atoms with Crippen LogP contribution in [0.4, 0.5) is 11.4 Å². The third-order valence-corrected chi connectivity index (χ3v) is 7.57. The fourth-order valence-corrected chi connectivity index (χ4v) is 5.11. The molecule has 0 atom stereocenters. The minimum absolute atomic E-state index is 0.112. The minimum atomic E-state index is -3.62. The molecule has 0 radical (unpaired) electrons. The van der Waals surface area contributed by atoms with Gasteiger partial charge in [-0.15, -0.1) is 0 Å². The first-order chi connectivity index (χ1) is 16.8. The highest BCUT2D eigenvalue weighted by atomic mass is 32.2. The molecule has 0 aliphatic carbocycles. The van der Waals surface area contributed by atoms with Crippen LogP contribution in [-0.2, 0) is 10.0 Å². The Kier molecular flexibility index (Phi) is 7.04. The molecule has 2 N–H and O–H groups in total. The van der Waals surface area contributed by atoms with E-state index in [1.54, 1.807) is 56.3 Å². The van der Waals surface area contributed by atoms with Gasteiger partial charge in [0.15, 0.2) is 11.5 Å². The second-order valence-electron chi connectivity index (χ2n) is 7.64. The maximum absolute atomic E-state index is 12.9. The Hall–Kier alpha value is -3.89. The predicted octanol–water partition coefficient (Wildman–Crippen LogP) is 3.95. The van der Waals surface area contributed by atoms with E-state index < -0.39 is 21.8 Å². The highest BCUT2D eigenvalue weighted by Crippen LogP contribution is 2.34. The van der Waals surface area contributed by atoms with E-state index in [1.165, 1.54) is 28.6 Å². The highest BCUT2D eigenvalue weighted by molar-refractivity contribution is 7.89. The summed E-state index contributed by atoms with van der Waals surface area (Å²) in [6.45, 7) is 4.37. The van der Waals surface area contributed by atoms with Crippen molar-refractivity contribution in [1.82, 2.24) is 4.31 Å². The third kappa shape index (κ3) is 5.13. The van der Waals surface area contributed by atoms with Gasteiger partial charge in [-0.25, -0.2) is 8.42 Å². The molecule has 182 valence electrons. The Balaban J connectivity index is 1.49. The number of ether oxygens (including phenoxy) is 2. The Bertz CT molecular complexity index is 1350. The lowest BCUT2D eigenvalue weighted by molar-refractivity contribution is 0.102. The molecule has 3 aromatic rings. The van der Waals surface area contributed by atoms with Crippen molar-refractivity contribution in [3.63, 3.8) is 0 Å². The molecule has 1 aliphatic rings. The number of amides is 2. The van der Waals surface area contributed by atoms with Crippen molar-refractivity contribution in [3.8, 4) is 11.5 Å². The van der Waals surface area contributed by atoms with Gasteiger partial charge in [0.1, 0.15) is 0 Å². The molecule has 0 spiro atoms. The molecule has 2 amide bonds. The lowest BCUT2D eigenvalue weighted by atomic mass is 10.1. The first-order valence-corrected chi connectivity index (χ1v) is 12.5. The maximum atomic E-state index is 12.9. The number of anilines is 2. The number of para-hydroxylation sites is 1. The van der Waals surface area contributed by atoms with Gasteiger partial charge in [-0.1, -0.05) is 26.0 Å². The number of nitrogens with zero attached hydrogens (tertiary/aromatic N) is 1. The average molecular weight is 496 g/mol. The number of fused-ring (bicyclic) bond motifs is 1. The Morgan fingerprint density at radius 3 is 2.26 bits per heavy atom. The zero-order valence-electron chi connectivity index (χ0n) is 19.3. The van der Waals surface area contributed by atoms with Crippen molar-refractivity contribution >= 4 is 33.2 Å². The van der Waals surface area contributed by atoms with E-state index in [4.69, 9.17) is 9.47 Å². The molecule has 0 saturated heterocycles. The number of nitrogens with one attached hydrogen (secondary N) is 2. The minimum Gasteiger partial charge on any atom is -0.454 e. The van der Waals surface area contributed by atoms with Crippen molar-refractivity contribution in [2.24, 2.45) is 0 Å². The lowest BCUT2D eigenvalue weighted by Crippen LogP contribution is -2.30. The molecule has 10 heteroatoms. The maximum Gasteiger partial charge on any atom is 0.257 e. The first kappa shape index (κ1) is 24.2. The summed E-state index contributed by atoms with van der Waals surface area (Å²) in [5.74, 6) is 0.253. The van der Waals surface area contributed by atoms with E-state index in [0.717, 1.165) is 0 Å². The van der Waals surface area contributed by atoms with Crippen LogP contribution < -0.4 is 20.1 Å². The molecule has 9 nitrogen and oxygen atoms in total. The van der Waals surface area contributed by atoms with Gasteiger partial charge < -0.3 is 20.1 Å². The van der Waals surface area contributed by atoms with Crippen LogP contribution in [0.5, 0.6) is 11.5 Å². The molecule has 1 heterocycles. The molecule has 4 rings (SSSR count). The molecule has 0 bridgehead atoms. The van der Waals surface area contributed by atoms with Gasteiger partial charge in [0.2, 0.25) is 16.8 Å². The summed E-state index contributed by atoms with van der Waals surface area (Å²) in [6, 6.07) is 17.4. The molecule has 0 aromatic heterocycles. The number of hydrogen-bond acceptors (Lipinski definition) is 6. The topological polar surface area (TPSA) is 114 Å². The number of benzene rings is 3. The second kappa shape index (κ2) is 10.2. The van der Waals surface area contributed by atoms with Gasteiger partial charge in [-0.3, -0.25) is 9.59 Å². The van der Waals surface area contributed by atoms with Crippen LogP contribution in [0.3, 0.4) is 0 Å². The van der Waals surface area contributed by atoms with Crippen LogP contribution in [0, 0.1) is 0 Å². The van der Waals surface area contributed by atoms with Crippen molar-refractivity contribution in [2.45, 2.75) is 18.7 Å². The number of hydrogen-bond donors (Lipinski definition) is 2. The smallest absolute Gasteiger partial charge is 0.257 e. The van der Waals surface area contributed by atoms with Crippen LogP contribution in [0.15, 0.2) is 71.6 Å². The van der Waals surface area contributed by atoms with Crippen LogP contribution in [-0.4, -0.2) is 44.4 Å². The van der Waals surface area contributed by atoms with Crippen molar-refractivity contribution in [2.75, 3.05) is 30.5 Å². The summed E-state index contributed by atoms with van der Waals surface area (Å²) in [5.41, 5.74) is 1.36. The quantitative estimate of drug-likeness (QED) is 0.489. The molecule has 0 fully saturated rings. The third-order valence-electron chi connectivity index (χ3n) is 5.51. The fourth-order valence-electron chi connectivity index (χ4n) is 3.65. The number of sulfonamides is 1. The first-order valence-electron chi connectivity index (χ1n) is 11.0. The SMILES string of the molecule is CCN(CC)S(=O)(=O)c1ccc(C(=O)Nc2ccccc2C(=O)Nc2ccc3c(c2)OCO3)cc1. The van der Waals surface area contributed by atoms with E-state index in [-0.39, 0.29) is 22.8 Å². The molecular formula is C25H25N3O6S. The van der Waals surface area contributed by atoms with Crippen LogP contribution in [0.1, 0.15) is 34.6 Å². The molecule has 35 heavy (non-hydrogen) atoms. The summed E-state index contributed by atoms with van der Waals surface area (Å²) in [7, 11) is -3.62. The molecular weight excluding hydrogens is 470 g/mol. The number of rotatable bonds is 8. The van der Waals surface area contributed by atoms with Gasteiger partial charge in [-0.05, 0) is 48.5 Å². The number of carbonyl (C=O) groups is 2. The standard InChI is InChI=1S/C25H25N3O6S/c1-3-28(4-2)35(31,32)19-12-9-17(10-13-19)24(29)27-21-8-6-5-7-20(21)25(30)26-18-11-14-22-23(15-18)34-16-33-22/h5-15H,3-4,16H2,1-2H3,(H,26,30)(H,27,29). The van der Waals surface area contributed by atoms with Gasteiger partial charge in [0.25, 0.3) is 11.8 Å². The number of carbonyl (C=O) groups excluding carboxylic acids is 2. The lowest BCUT2D eigenvalue weighted by Gasteiger charge is -2.18. The Morgan fingerprint density at radius 2 is 1.54 bits per heavy atom. The van der Waals surface area contributed by atoms with Crippen molar-refractivity contribution in [3.05, 3.63) is 77.9 Å². The normalized spacial score (nSPS) is 12.4. The largest absolute Gasteiger partial charge is 0.454 e. The highest BCUT2D eigenvalue weighted by Gasteiger charge is 2.22. The van der Waals surface area contributed by atoms with Gasteiger partial charge in [-0.2, -0.15) is 4.31 Å². The second-order valence-corrected chi connectivity index (χ2v) is 9.57. The van der Waals surface area contributed by atoms with Gasteiger partial charge in [0, 0.05) is 30.4 Å². The van der Waals surface area contributed by atoms with Gasteiger partial charge >= 0.3 is 0 Å². The monoisotopic (exact) mass is 495 g/mol. The zero-order chi connectivity index (χ0) is 25.0. The molecule has 0 unspecified atom stereocenters. The van der Waals surface area contributed by atoms with E-state index in [1.807, 2.05) is 0 Å². The Labute approximate surface area is 203 Å². The van der Waals surface area contributed by atoms with E-state index in [0.29, 0.717) is 36.0 Å². The van der Waals surface area contributed by atoms with Crippen molar-refractivity contribution in [1.29, 1.82) is 0 Å². The fraction of sp³-hybridized carbons (Fsp3) is 0.200. The summed E-state index contributed by atoms with van der Waals surface area (Å²) < 4.78 is 37.3. The van der Waals surface area contributed by atoms with E-state index >= 15 is 0 Å². The van der Waals surface area contributed by atoms with Crippen LogP contribution >= 0.6 is 0 Å². The van der Waals surface area contributed by atoms with E-state index in [9.17, 15) is 18.0 Å². The van der Waals surface area contributed by atoms with Crippen molar-refractivity contribution < 1.29 is 27.5 Å². The molecule has 0 saturated carbocycles. The summed E-state index contributed by atoms with van der Waals surface area (Å²) >= 11 is 0. The predicted molar refractivity (Wildman–Crippen MR) is 131 cm³/mol. The Morgan fingerprint density at radius 1 is 0.857 bits per heavy atom. The van der Waals surface area contributed by atoms with Crippen LogP contribution in [0.2, 0.25) is 0 Å². The van der Waals surface area contributed by atoms with Crippen LogP contribution in [0.25, 0.3) is 0 Å². The molecule has 3 aromatic carbocycles. The summed E-state index contributed by atoms with van der Waals surface area (Å²) in [4.78, 5) is 25.9. The zero-order valence-corrected chi connectivity index (χ0v) is 20.1. The summed E-state index contributed by atoms with van der Waals surface area (Å²) in [5, 5.41) is 5.52. The average Bonchev–Trinajstić information content (AvgIpc) is 3.33. The van der Waals surface area contributed by atoms with Gasteiger partial charge in [0.05, 0.1) is 16.1 Å². The summed E-state index contributed by atoms with van der Waals surface area (Å²) in [6.07, 6.45) is 0. The van der Waals surface area contributed by atoms with E-state index in [2.05, 4.69) is 10.6 Å².